The van der Waals surface area contributed by atoms with E-state index in [9.17, 15) is 19.2 Å². The monoisotopic (exact) mass is 568 g/mol. The van der Waals surface area contributed by atoms with Crippen LogP contribution in [0.25, 0.3) is 0 Å². The van der Waals surface area contributed by atoms with Crippen molar-refractivity contribution < 1.29 is 47.6 Å². The number of fused-ring (bicyclic) bond motifs is 3. The Bertz CT molecular complexity index is 993. The van der Waals surface area contributed by atoms with Crippen molar-refractivity contribution in [3.05, 3.63) is 0 Å². The zero-order chi connectivity index (χ0) is 30.6. The van der Waals surface area contributed by atoms with E-state index < -0.39 is 81.7 Å². The van der Waals surface area contributed by atoms with E-state index in [4.69, 9.17) is 28.4 Å². The Hall–Kier alpha value is -2.20. The van der Waals surface area contributed by atoms with Gasteiger partial charge in [-0.25, -0.2) is 0 Å². The van der Waals surface area contributed by atoms with Gasteiger partial charge in [0.25, 0.3) is 0 Å². The molecular weight excluding hydrogens is 520 g/mol. The number of hydrogen-bond acceptors (Lipinski definition) is 10. The molecule has 3 fully saturated rings. The fraction of sp³-hybridized carbons (Fsp3) is 0.867. The summed E-state index contributed by atoms with van der Waals surface area (Å²) in [7, 11) is 0. The molecule has 0 aromatic heterocycles. The molecule has 228 valence electrons. The molecule has 10 heteroatoms. The van der Waals surface area contributed by atoms with Crippen LogP contribution in [0.4, 0.5) is 0 Å². The van der Waals surface area contributed by atoms with Crippen molar-refractivity contribution in [3.63, 3.8) is 0 Å². The van der Waals surface area contributed by atoms with Gasteiger partial charge in [0.05, 0.1) is 27.8 Å². The van der Waals surface area contributed by atoms with Gasteiger partial charge in [-0.05, 0) is 89.5 Å². The number of esters is 4. The van der Waals surface area contributed by atoms with Crippen LogP contribution in [0.2, 0.25) is 0 Å². The molecule has 0 aromatic carbocycles. The highest BCUT2D eigenvalue weighted by Crippen LogP contribution is 2.62. The van der Waals surface area contributed by atoms with Crippen molar-refractivity contribution in [3.8, 4) is 0 Å². The fourth-order valence-corrected chi connectivity index (χ4v) is 4.76. The molecule has 3 rings (SSSR count). The Kier molecular flexibility index (Phi) is 8.54. The first-order chi connectivity index (χ1) is 18.0. The highest BCUT2D eigenvalue weighted by Gasteiger charge is 2.80. The van der Waals surface area contributed by atoms with Gasteiger partial charge in [-0.3, -0.25) is 19.2 Å². The lowest BCUT2D eigenvalue weighted by molar-refractivity contribution is -0.278. The van der Waals surface area contributed by atoms with Gasteiger partial charge in [0.2, 0.25) is 0 Å². The molecule has 1 spiro atoms. The number of rotatable bonds is 5. The van der Waals surface area contributed by atoms with E-state index in [1.54, 1.807) is 83.1 Å². The first-order valence-corrected chi connectivity index (χ1v) is 14.1. The van der Waals surface area contributed by atoms with Gasteiger partial charge in [-0.2, -0.15) is 0 Å². The number of carbonyl (C=O) groups excluding carboxylic acids is 4. The Labute approximate surface area is 238 Å². The lowest BCUT2D eigenvalue weighted by atomic mass is 9.88. The summed E-state index contributed by atoms with van der Waals surface area (Å²) in [5.41, 5.74) is -4.62. The molecule has 0 N–H and O–H groups in total. The predicted octanol–water partition coefficient (Wildman–Crippen LogP) is 4.01. The van der Waals surface area contributed by atoms with Crippen LogP contribution in [0, 0.1) is 27.6 Å². The average molecular weight is 569 g/mol. The highest BCUT2D eigenvalue weighted by atomic mass is 16.7. The van der Waals surface area contributed by atoms with Gasteiger partial charge < -0.3 is 28.4 Å². The molecule has 1 unspecified atom stereocenters. The van der Waals surface area contributed by atoms with Gasteiger partial charge in [0, 0.05) is 12.5 Å². The summed E-state index contributed by atoms with van der Waals surface area (Å²) in [4.78, 5) is 52.5. The van der Waals surface area contributed by atoms with Crippen molar-refractivity contribution in [2.45, 2.75) is 126 Å². The highest BCUT2D eigenvalue weighted by molar-refractivity contribution is 5.78. The normalized spacial score (nSPS) is 32.2. The van der Waals surface area contributed by atoms with Gasteiger partial charge in [0.15, 0.2) is 18.3 Å². The Morgan fingerprint density at radius 2 is 1.12 bits per heavy atom. The van der Waals surface area contributed by atoms with E-state index >= 15 is 0 Å². The molecule has 0 bridgehead atoms. The maximum atomic E-state index is 13.3. The molecular formula is C30H48O10. The largest absolute Gasteiger partial charge is 0.462 e. The third kappa shape index (κ3) is 6.48. The minimum absolute atomic E-state index is 0.138. The summed E-state index contributed by atoms with van der Waals surface area (Å²) < 4.78 is 36.4. The van der Waals surface area contributed by atoms with E-state index in [0.29, 0.717) is 13.0 Å². The van der Waals surface area contributed by atoms with E-state index in [0.717, 1.165) is 0 Å². The van der Waals surface area contributed by atoms with Crippen LogP contribution in [-0.2, 0) is 47.6 Å². The van der Waals surface area contributed by atoms with Gasteiger partial charge in [-0.1, -0.05) is 0 Å². The Morgan fingerprint density at radius 1 is 0.675 bits per heavy atom. The topological polar surface area (TPSA) is 124 Å². The second kappa shape index (κ2) is 10.6. The molecule has 1 saturated carbocycles. The van der Waals surface area contributed by atoms with Crippen molar-refractivity contribution in [2.75, 3.05) is 13.2 Å². The molecule has 2 saturated heterocycles. The van der Waals surface area contributed by atoms with Crippen LogP contribution in [0.5, 0.6) is 0 Å². The molecule has 0 amide bonds. The van der Waals surface area contributed by atoms with Crippen LogP contribution >= 0.6 is 0 Å². The summed E-state index contributed by atoms with van der Waals surface area (Å²) in [5.74, 6) is -2.28. The first kappa shape index (κ1) is 32.3. The van der Waals surface area contributed by atoms with Gasteiger partial charge >= 0.3 is 23.9 Å². The second-order valence-electron chi connectivity index (χ2n) is 15.4. The lowest BCUT2D eigenvalue weighted by Gasteiger charge is -2.47. The minimum atomic E-state index is -1.23. The number of carbonyl (C=O) groups is 4. The smallest absolute Gasteiger partial charge is 0.311 e. The third-order valence-corrected chi connectivity index (χ3v) is 7.34. The number of ether oxygens (including phenoxy) is 6. The Balaban J connectivity index is 2.11. The van der Waals surface area contributed by atoms with Crippen LogP contribution < -0.4 is 0 Å². The summed E-state index contributed by atoms with van der Waals surface area (Å²) in [6.07, 6.45) is -4.35. The van der Waals surface area contributed by atoms with E-state index in [1.165, 1.54) is 0 Å². The molecule has 2 aliphatic heterocycles. The summed E-state index contributed by atoms with van der Waals surface area (Å²) in [6, 6.07) is 0. The average Bonchev–Trinajstić information content (AvgIpc) is 3.11. The zero-order valence-electron chi connectivity index (χ0n) is 26.2. The molecule has 7 atom stereocenters. The second-order valence-corrected chi connectivity index (χ2v) is 15.4. The van der Waals surface area contributed by atoms with Gasteiger partial charge in [0.1, 0.15) is 18.3 Å². The predicted molar refractivity (Wildman–Crippen MR) is 144 cm³/mol. The Morgan fingerprint density at radius 3 is 1.55 bits per heavy atom. The SMILES string of the molecule is CC(C)(C)C(=O)OC[C@H]1OC2([C@@H]3CCO[C@@H]32)[C@H](OC(=O)C(C)(C)C)[C@@H](OC(=O)C(C)(C)C)[C@@H]1OC(=O)C(C)(C)C. The zero-order valence-corrected chi connectivity index (χ0v) is 26.2. The third-order valence-electron chi connectivity index (χ3n) is 7.34. The molecule has 2 heterocycles. The van der Waals surface area contributed by atoms with Crippen molar-refractivity contribution in [1.29, 1.82) is 0 Å². The van der Waals surface area contributed by atoms with Crippen LogP contribution in [0.15, 0.2) is 0 Å². The molecule has 40 heavy (non-hydrogen) atoms. The summed E-state index contributed by atoms with van der Waals surface area (Å²) in [5, 5.41) is 0. The summed E-state index contributed by atoms with van der Waals surface area (Å²) in [6.45, 7) is 20.8. The first-order valence-electron chi connectivity index (χ1n) is 14.1. The maximum absolute atomic E-state index is 13.3. The fourth-order valence-electron chi connectivity index (χ4n) is 4.76. The van der Waals surface area contributed by atoms with E-state index in [-0.39, 0.29) is 12.5 Å². The van der Waals surface area contributed by atoms with Crippen LogP contribution in [-0.4, -0.2) is 73.2 Å². The van der Waals surface area contributed by atoms with E-state index in [2.05, 4.69) is 0 Å². The maximum Gasteiger partial charge on any atom is 0.311 e. The molecule has 3 aliphatic rings. The van der Waals surface area contributed by atoms with Crippen molar-refractivity contribution >= 4 is 23.9 Å². The molecule has 0 radical (unpaired) electrons. The quantitative estimate of drug-likeness (QED) is 0.355. The molecule has 10 nitrogen and oxygen atoms in total. The van der Waals surface area contributed by atoms with Gasteiger partial charge in [-0.15, -0.1) is 0 Å². The molecule has 0 aromatic rings. The van der Waals surface area contributed by atoms with Crippen LogP contribution in [0.3, 0.4) is 0 Å². The molecule has 1 aliphatic carbocycles. The van der Waals surface area contributed by atoms with Crippen LogP contribution in [0.1, 0.15) is 89.5 Å². The lowest BCUT2D eigenvalue weighted by Crippen LogP contribution is -2.66. The van der Waals surface area contributed by atoms with E-state index in [1.807, 2.05) is 0 Å². The van der Waals surface area contributed by atoms with Crippen molar-refractivity contribution in [1.82, 2.24) is 0 Å². The standard InChI is InChI=1S/C30H48O10/c1-26(2,3)22(31)36-15-17-18(37-23(32)27(4,5)6)19(38-24(33)28(7,8)9)21(39-25(34)29(10,11)12)30(40-17)16-13-14-35-20(16)30/h16-21H,13-15H2,1-12H3/t16-,17-,18-,19+,20+,21-,30?/m1/s1. The minimum Gasteiger partial charge on any atom is -0.462 e. The van der Waals surface area contributed by atoms with Crippen molar-refractivity contribution in [2.24, 2.45) is 27.6 Å². The summed E-state index contributed by atoms with van der Waals surface area (Å²) >= 11 is 0. The number of hydrogen-bond donors (Lipinski definition) is 0.